The van der Waals surface area contributed by atoms with Crippen LogP contribution in [0.1, 0.15) is 0 Å². The van der Waals surface area contributed by atoms with Crippen molar-refractivity contribution in [3.05, 3.63) is 133 Å². The normalized spacial score (nSPS) is 11.8. The van der Waals surface area contributed by atoms with Gasteiger partial charge >= 0.3 is 0 Å². The lowest BCUT2D eigenvalue weighted by atomic mass is 9.90. The Hall–Kier alpha value is -4.88. The Morgan fingerprint density at radius 2 is 0.919 bits per heavy atom. The van der Waals surface area contributed by atoms with Crippen LogP contribution in [-0.4, -0.2) is 0 Å². The average Bonchev–Trinajstić information content (AvgIpc) is 3.31. The summed E-state index contributed by atoms with van der Waals surface area (Å²) >= 11 is 0. The molecular formula is C36H22O. The molecule has 0 spiro atoms. The van der Waals surface area contributed by atoms with E-state index in [0.29, 0.717) is 0 Å². The minimum atomic E-state index is 0.922. The maximum atomic E-state index is 6.26. The van der Waals surface area contributed by atoms with Crippen LogP contribution < -0.4 is 0 Å². The van der Waals surface area contributed by atoms with Crippen LogP contribution in [0, 0.1) is 0 Å². The molecule has 0 atom stereocenters. The van der Waals surface area contributed by atoms with Gasteiger partial charge in [0.25, 0.3) is 0 Å². The number of furan rings is 1. The summed E-state index contributed by atoms with van der Waals surface area (Å²) in [5.74, 6) is 0. The lowest BCUT2D eigenvalue weighted by Crippen LogP contribution is -1.87. The van der Waals surface area contributed by atoms with Gasteiger partial charge in [0.05, 0.1) is 0 Å². The van der Waals surface area contributed by atoms with Gasteiger partial charge < -0.3 is 4.42 Å². The maximum Gasteiger partial charge on any atom is 0.136 e. The van der Waals surface area contributed by atoms with Crippen LogP contribution in [0.2, 0.25) is 0 Å². The van der Waals surface area contributed by atoms with Crippen molar-refractivity contribution in [3.8, 4) is 22.3 Å². The quantitative estimate of drug-likeness (QED) is 0.245. The first-order chi connectivity index (χ1) is 18.3. The molecule has 0 aliphatic heterocycles. The van der Waals surface area contributed by atoms with E-state index in [1.54, 1.807) is 0 Å². The summed E-state index contributed by atoms with van der Waals surface area (Å²) in [6.07, 6.45) is 0. The summed E-state index contributed by atoms with van der Waals surface area (Å²) in [6.45, 7) is 0. The molecule has 0 radical (unpaired) electrons. The molecule has 0 saturated carbocycles. The summed E-state index contributed by atoms with van der Waals surface area (Å²) < 4.78 is 6.26. The third kappa shape index (κ3) is 3.11. The molecule has 7 aromatic carbocycles. The summed E-state index contributed by atoms with van der Waals surface area (Å²) in [6, 6.07) is 48.0. The number of rotatable bonds is 2. The first-order valence-corrected chi connectivity index (χ1v) is 12.7. The predicted molar refractivity (Wildman–Crippen MR) is 157 cm³/mol. The van der Waals surface area contributed by atoms with Gasteiger partial charge in [-0.05, 0) is 78.8 Å². The van der Waals surface area contributed by atoms with Crippen molar-refractivity contribution in [2.75, 3.05) is 0 Å². The Morgan fingerprint density at radius 3 is 1.76 bits per heavy atom. The van der Waals surface area contributed by atoms with Gasteiger partial charge in [-0.25, -0.2) is 0 Å². The third-order valence-corrected chi connectivity index (χ3v) is 7.65. The Kier molecular flexibility index (Phi) is 4.29. The van der Waals surface area contributed by atoms with Crippen LogP contribution >= 0.6 is 0 Å². The van der Waals surface area contributed by atoms with Crippen molar-refractivity contribution < 1.29 is 4.42 Å². The molecule has 0 saturated heterocycles. The molecule has 8 aromatic rings. The lowest BCUT2D eigenvalue weighted by Gasteiger charge is -2.14. The van der Waals surface area contributed by atoms with Gasteiger partial charge in [0.15, 0.2) is 0 Å². The second-order valence-electron chi connectivity index (χ2n) is 9.74. The van der Waals surface area contributed by atoms with Gasteiger partial charge in [0.2, 0.25) is 0 Å². The molecule has 1 heterocycles. The summed E-state index contributed by atoms with van der Waals surface area (Å²) in [7, 11) is 0. The molecular weight excluding hydrogens is 448 g/mol. The van der Waals surface area contributed by atoms with E-state index in [1.165, 1.54) is 54.6 Å². The van der Waals surface area contributed by atoms with Crippen molar-refractivity contribution in [2.24, 2.45) is 0 Å². The van der Waals surface area contributed by atoms with Crippen molar-refractivity contribution in [2.45, 2.75) is 0 Å². The summed E-state index contributed by atoms with van der Waals surface area (Å²) in [4.78, 5) is 0. The summed E-state index contributed by atoms with van der Waals surface area (Å²) in [5, 5.41) is 9.80. The zero-order valence-corrected chi connectivity index (χ0v) is 20.1. The van der Waals surface area contributed by atoms with E-state index < -0.39 is 0 Å². The highest BCUT2D eigenvalue weighted by Gasteiger charge is 2.14. The van der Waals surface area contributed by atoms with Gasteiger partial charge in [-0.15, -0.1) is 0 Å². The van der Waals surface area contributed by atoms with Crippen LogP contribution in [0.4, 0.5) is 0 Å². The Balaban J connectivity index is 1.36. The SMILES string of the molecule is c1ccc2cc3c(cc2c1)oc1ccc(-c2ccc(-c4cccc5ccccc45)c4ccccc24)cc13. The minimum absolute atomic E-state index is 0.922. The monoisotopic (exact) mass is 470 g/mol. The fraction of sp³-hybridized carbons (Fsp3) is 0. The zero-order chi connectivity index (χ0) is 24.3. The van der Waals surface area contributed by atoms with Crippen molar-refractivity contribution >= 4 is 54.3 Å². The second-order valence-corrected chi connectivity index (χ2v) is 9.74. The molecule has 0 bridgehead atoms. The molecule has 0 N–H and O–H groups in total. The number of hydrogen-bond donors (Lipinski definition) is 0. The highest BCUT2D eigenvalue weighted by Crippen LogP contribution is 2.40. The largest absolute Gasteiger partial charge is 0.456 e. The number of benzene rings is 7. The molecule has 0 amide bonds. The molecule has 0 aliphatic rings. The molecule has 0 unspecified atom stereocenters. The van der Waals surface area contributed by atoms with Crippen molar-refractivity contribution in [3.63, 3.8) is 0 Å². The number of fused-ring (bicyclic) bond motifs is 6. The molecule has 0 fully saturated rings. The van der Waals surface area contributed by atoms with Gasteiger partial charge in [-0.3, -0.25) is 0 Å². The van der Waals surface area contributed by atoms with E-state index in [9.17, 15) is 0 Å². The maximum absolute atomic E-state index is 6.26. The third-order valence-electron chi connectivity index (χ3n) is 7.65. The summed E-state index contributed by atoms with van der Waals surface area (Å²) in [5.41, 5.74) is 6.81. The predicted octanol–water partition coefficient (Wildman–Crippen LogP) is 10.4. The Labute approximate surface area is 214 Å². The number of hydrogen-bond acceptors (Lipinski definition) is 1. The zero-order valence-electron chi connectivity index (χ0n) is 20.1. The van der Waals surface area contributed by atoms with E-state index in [4.69, 9.17) is 4.42 Å². The van der Waals surface area contributed by atoms with Gasteiger partial charge in [0.1, 0.15) is 11.2 Å². The molecule has 8 rings (SSSR count). The Morgan fingerprint density at radius 1 is 0.324 bits per heavy atom. The van der Waals surface area contributed by atoms with Crippen LogP contribution in [-0.2, 0) is 0 Å². The van der Waals surface area contributed by atoms with E-state index >= 15 is 0 Å². The topological polar surface area (TPSA) is 13.1 Å². The fourth-order valence-corrected chi connectivity index (χ4v) is 5.88. The minimum Gasteiger partial charge on any atom is -0.456 e. The van der Waals surface area contributed by atoms with Crippen LogP contribution in [0.25, 0.3) is 76.5 Å². The second kappa shape index (κ2) is 7.81. The average molecular weight is 471 g/mol. The molecule has 1 aromatic heterocycles. The molecule has 1 nitrogen and oxygen atoms in total. The molecule has 0 aliphatic carbocycles. The van der Waals surface area contributed by atoms with Crippen LogP contribution in [0.3, 0.4) is 0 Å². The van der Waals surface area contributed by atoms with Crippen LogP contribution in [0.15, 0.2) is 138 Å². The highest BCUT2D eigenvalue weighted by atomic mass is 16.3. The van der Waals surface area contributed by atoms with E-state index in [-0.39, 0.29) is 0 Å². The van der Waals surface area contributed by atoms with Gasteiger partial charge in [-0.1, -0.05) is 109 Å². The van der Waals surface area contributed by atoms with Crippen molar-refractivity contribution in [1.29, 1.82) is 0 Å². The first-order valence-electron chi connectivity index (χ1n) is 12.7. The smallest absolute Gasteiger partial charge is 0.136 e. The molecule has 37 heavy (non-hydrogen) atoms. The standard InChI is InChI=1S/C36H22O/c1-2-10-25-22-36-34(20-24(25)9-1)33-21-26(16-19-35(33)37-36)28-17-18-32(31-14-6-5-13-29(28)31)30-15-7-11-23-8-3-4-12-27(23)30/h1-22H. The molecule has 172 valence electrons. The van der Waals surface area contributed by atoms with Gasteiger partial charge in [0, 0.05) is 10.8 Å². The van der Waals surface area contributed by atoms with Crippen molar-refractivity contribution in [1.82, 2.24) is 0 Å². The molecule has 1 heteroatoms. The Bertz CT molecular complexity index is 2140. The highest BCUT2D eigenvalue weighted by molar-refractivity contribution is 6.13. The van der Waals surface area contributed by atoms with E-state index in [0.717, 1.165) is 21.9 Å². The van der Waals surface area contributed by atoms with E-state index in [2.05, 4.69) is 133 Å². The fourth-order valence-electron chi connectivity index (χ4n) is 5.88. The first kappa shape index (κ1) is 20.3. The van der Waals surface area contributed by atoms with E-state index in [1.807, 2.05) is 0 Å². The van der Waals surface area contributed by atoms with Gasteiger partial charge in [-0.2, -0.15) is 0 Å². The lowest BCUT2D eigenvalue weighted by molar-refractivity contribution is 0.669. The van der Waals surface area contributed by atoms with Crippen LogP contribution in [0.5, 0.6) is 0 Å².